The summed E-state index contributed by atoms with van der Waals surface area (Å²) in [5.74, 6) is -0.0374. The molecule has 0 fully saturated rings. The van der Waals surface area contributed by atoms with Crippen LogP contribution in [0.25, 0.3) is 0 Å². The number of esters is 1. The Kier molecular flexibility index (Phi) is 66.9. The third kappa shape index (κ3) is 63.8. The van der Waals surface area contributed by atoms with E-state index in [2.05, 4.69) is 19.2 Å². The Hall–Kier alpha value is -1.40. The predicted molar refractivity (Wildman–Crippen MR) is 343 cm³/mol. The molecule has 3 N–H and O–H groups in total. The average Bonchev–Trinajstić information content (AvgIpc) is 3.44. The largest absolute Gasteiger partial charge is 0.466 e. The van der Waals surface area contributed by atoms with Crippen LogP contribution in [0, 0.1) is 0 Å². The van der Waals surface area contributed by atoms with Crippen molar-refractivity contribution in [2.24, 2.45) is 0 Å². The fraction of sp³-hybridized carbons (Fsp3) is 0.944. The van der Waals surface area contributed by atoms with E-state index in [0.29, 0.717) is 19.4 Å². The number of nitrogens with one attached hydrogen (secondary N) is 1. The quantitative estimate of drug-likeness (QED) is 0.0320. The van der Waals surface area contributed by atoms with Gasteiger partial charge in [0.2, 0.25) is 5.91 Å². The molecule has 0 aromatic carbocycles. The molecule has 2 unspecified atom stereocenters. The van der Waals surface area contributed by atoms with E-state index in [4.69, 9.17) is 4.74 Å². The van der Waals surface area contributed by atoms with Gasteiger partial charge in [-0.15, -0.1) is 0 Å². The minimum absolute atomic E-state index is 0.0236. The lowest BCUT2D eigenvalue weighted by Crippen LogP contribution is -2.45. The minimum atomic E-state index is -0.841. The van der Waals surface area contributed by atoms with Crippen LogP contribution in [-0.4, -0.2) is 47.4 Å². The molecule has 464 valence electrons. The van der Waals surface area contributed by atoms with Crippen molar-refractivity contribution < 1.29 is 24.5 Å². The summed E-state index contributed by atoms with van der Waals surface area (Å²) in [4.78, 5) is 24.6. The van der Waals surface area contributed by atoms with Crippen molar-refractivity contribution in [3.05, 3.63) is 12.2 Å². The Morgan fingerprint density at radius 1 is 0.346 bits per heavy atom. The van der Waals surface area contributed by atoms with Crippen molar-refractivity contribution in [3.8, 4) is 0 Å². The lowest BCUT2D eigenvalue weighted by Gasteiger charge is -2.20. The molecule has 78 heavy (non-hydrogen) atoms. The summed E-state index contributed by atoms with van der Waals surface area (Å²) in [5, 5.41) is 23.2. The topological polar surface area (TPSA) is 95.9 Å². The maximum atomic E-state index is 12.5. The normalized spacial score (nSPS) is 12.5. The number of amides is 1. The zero-order chi connectivity index (χ0) is 56.4. The SMILES string of the molecule is CCCCCCCCCCCCCCCC/C=C/C(O)C(CO)NC(=O)CCCCCCCCCCCCCCCCCCCCCCCCCCCCCCCOC(=O)CCCCCCCCCCCCCCCCCC. The molecule has 0 radical (unpaired) electrons. The van der Waals surface area contributed by atoms with Gasteiger partial charge in [-0.3, -0.25) is 9.59 Å². The Morgan fingerprint density at radius 3 is 0.872 bits per heavy atom. The van der Waals surface area contributed by atoms with Crippen LogP contribution < -0.4 is 5.32 Å². The molecule has 6 heteroatoms. The lowest BCUT2D eigenvalue weighted by molar-refractivity contribution is -0.143. The lowest BCUT2D eigenvalue weighted by atomic mass is 10.0. The third-order valence-corrected chi connectivity index (χ3v) is 17.1. The Morgan fingerprint density at radius 2 is 0.590 bits per heavy atom. The van der Waals surface area contributed by atoms with E-state index >= 15 is 0 Å². The summed E-state index contributed by atoms with van der Waals surface area (Å²) in [6.45, 7) is 4.95. The maximum absolute atomic E-state index is 12.5. The van der Waals surface area contributed by atoms with E-state index in [9.17, 15) is 19.8 Å². The van der Waals surface area contributed by atoms with Gasteiger partial charge in [-0.1, -0.05) is 379 Å². The monoisotopic (exact) mass is 1100 g/mol. The van der Waals surface area contributed by atoms with Crippen molar-refractivity contribution in [2.45, 2.75) is 424 Å². The number of aliphatic hydroxyl groups is 2. The van der Waals surface area contributed by atoms with Crippen LogP contribution in [0.3, 0.4) is 0 Å². The standard InChI is InChI=1S/C72H141NO5/c1-3-5-7-9-11-13-15-17-19-36-40-44-48-52-56-60-64-70(75)69(68-74)73-71(76)65-61-57-53-49-45-41-37-34-32-30-28-26-24-22-21-23-25-27-29-31-33-35-39-43-47-51-55-59-63-67-78-72(77)66-62-58-54-50-46-42-38-20-18-16-14-12-10-8-6-4-2/h60,64,69-70,74-75H,3-59,61-63,65-68H2,1-2H3,(H,73,76)/b64-60+. The Labute approximate surface area is 489 Å². The smallest absolute Gasteiger partial charge is 0.305 e. The van der Waals surface area contributed by atoms with Gasteiger partial charge in [-0.25, -0.2) is 0 Å². The zero-order valence-corrected chi connectivity index (χ0v) is 53.2. The van der Waals surface area contributed by atoms with Gasteiger partial charge in [0, 0.05) is 12.8 Å². The van der Waals surface area contributed by atoms with Crippen LogP contribution in [0.4, 0.5) is 0 Å². The van der Waals surface area contributed by atoms with Crippen molar-refractivity contribution in [3.63, 3.8) is 0 Å². The molecule has 1 amide bonds. The number of hydrogen-bond acceptors (Lipinski definition) is 5. The first-order chi connectivity index (χ1) is 38.5. The fourth-order valence-corrected chi connectivity index (χ4v) is 11.6. The van der Waals surface area contributed by atoms with Gasteiger partial charge in [0.05, 0.1) is 25.4 Å². The van der Waals surface area contributed by atoms with Crippen LogP contribution in [0.5, 0.6) is 0 Å². The van der Waals surface area contributed by atoms with E-state index in [1.165, 1.54) is 347 Å². The second kappa shape index (κ2) is 68.1. The Bertz CT molecular complexity index is 1180. The summed E-state index contributed by atoms with van der Waals surface area (Å²) in [5.41, 5.74) is 0. The summed E-state index contributed by atoms with van der Waals surface area (Å²) < 4.78 is 5.51. The minimum Gasteiger partial charge on any atom is -0.466 e. The predicted octanol–water partition coefficient (Wildman–Crippen LogP) is 23.1. The van der Waals surface area contributed by atoms with Crippen LogP contribution in [-0.2, 0) is 14.3 Å². The van der Waals surface area contributed by atoms with Gasteiger partial charge >= 0.3 is 5.97 Å². The summed E-state index contributed by atoms with van der Waals surface area (Å²) in [6, 6.07) is -0.624. The molecule has 0 aromatic rings. The summed E-state index contributed by atoms with van der Waals surface area (Å²) in [7, 11) is 0. The van der Waals surface area contributed by atoms with Crippen molar-refractivity contribution in [2.75, 3.05) is 13.2 Å². The van der Waals surface area contributed by atoms with Gasteiger partial charge in [0.25, 0.3) is 0 Å². The molecule has 0 heterocycles. The number of carbonyl (C=O) groups is 2. The molecule has 0 aromatic heterocycles. The highest BCUT2D eigenvalue weighted by Crippen LogP contribution is 2.19. The molecule has 0 aliphatic rings. The number of aliphatic hydroxyl groups excluding tert-OH is 2. The first kappa shape index (κ1) is 76.6. The number of rotatable bonds is 68. The van der Waals surface area contributed by atoms with Gasteiger partial charge in [-0.05, 0) is 32.1 Å². The highest BCUT2D eigenvalue weighted by atomic mass is 16.5. The molecule has 0 aliphatic carbocycles. The molecular weight excluding hydrogens is 959 g/mol. The van der Waals surface area contributed by atoms with Crippen LogP contribution in [0.15, 0.2) is 12.2 Å². The third-order valence-electron chi connectivity index (χ3n) is 17.1. The molecule has 0 rings (SSSR count). The summed E-state index contributed by atoms with van der Waals surface area (Å²) >= 11 is 0. The van der Waals surface area contributed by atoms with E-state index in [-0.39, 0.29) is 18.5 Å². The van der Waals surface area contributed by atoms with Crippen molar-refractivity contribution in [1.29, 1.82) is 0 Å². The molecule has 0 bridgehead atoms. The molecule has 0 spiro atoms. The highest BCUT2D eigenvalue weighted by Gasteiger charge is 2.18. The number of allylic oxidation sites excluding steroid dienone is 1. The number of carbonyl (C=O) groups excluding carboxylic acids is 2. The zero-order valence-electron chi connectivity index (χ0n) is 53.2. The van der Waals surface area contributed by atoms with E-state index in [0.717, 1.165) is 38.5 Å². The van der Waals surface area contributed by atoms with Gasteiger partial charge < -0.3 is 20.3 Å². The number of ether oxygens (including phenoxy) is 1. The van der Waals surface area contributed by atoms with Crippen LogP contribution in [0.2, 0.25) is 0 Å². The fourth-order valence-electron chi connectivity index (χ4n) is 11.6. The highest BCUT2D eigenvalue weighted by molar-refractivity contribution is 5.76. The average molecular weight is 1100 g/mol. The summed E-state index contributed by atoms with van der Waals surface area (Å²) in [6.07, 6.45) is 84.4. The van der Waals surface area contributed by atoms with Gasteiger partial charge in [0.1, 0.15) is 0 Å². The first-order valence-corrected chi connectivity index (χ1v) is 36.0. The molecular formula is C72H141NO5. The first-order valence-electron chi connectivity index (χ1n) is 36.0. The van der Waals surface area contributed by atoms with E-state index < -0.39 is 12.1 Å². The van der Waals surface area contributed by atoms with E-state index in [1.807, 2.05) is 6.08 Å². The molecule has 0 aliphatic heterocycles. The molecule has 0 saturated heterocycles. The van der Waals surface area contributed by atoms with Crippen LogP contribution >= 0.6 is 0 Å². The second-order valence-electron chi connectivity index (χ2n) is 24.9. The van der Waals surface area contributed by atoms with Crippen molar-refractivity contribution >= 4 is 11.9 Å². The molecule has 0 saturated carbocycles. The number of hydrogen-bond donors (Lipinski definition) is 3. The number of unbranched alkanes of at least 4 members (excludes halogenated alkanes) is 57. The van der Waals surface area contributed by atoms with Gasteiger partial charge in [-0.2, -0.15) is 0 Å². The molecule has 6 nitrogen and oxygen atoms in total. The molecule has 2 atom stereocenters. The van der Waals surface area contributed by atoms with E-state index in [1.54, 1.807) is 6.08 Å². The Balaban J connectivity index is 3.33. The van der Waals surface area contributed by atoms with Gasteiger partial charge in [0.15, 0.2) is 0 Å². The maximum Gasteiger partial charge on any atom is 0.305 e. The van der Waals surface area contributed by atoms with Crippen LogP contribution in [0.1, 0.15) is 412 Å². The second-order valence-corrected chi connectivity index (χ2v) is 24.9. The van der Waals surface area contributed by atoms with Crippen molar-refractivity contribution in [1.82, 2.24) is 5.32 Å².